The van der Waals surface area contributed by atoms with E-state index in [1.165, 1.54) is 17.0 Å². The molecule has 7 nitrogen and oxygen atoms in total. The second-order valence-corrected chi connectivity index (χ2v) is 5.88. The summed E-state index contributed by atoms with van der Waals surface area (Å²) in [7, 11) is 0. The molecule has 0 unspecified atom stereocenters. The number of para-hydroxylation sites is 1. The topological polar surface area (TPSA) is 97.1 Å². The molecule has 24 heavy (non-hydrogen) atoms. The highest BCUT2D eigenvalue weighted by molar-refractivity contribution is 9.10. The van der Waals surface area contributed by atoms with Gasteiger partial charge < -0.3 is 9.67 Å². The van der Waals surface area contributed by atoms with Crippen LogP contribution < -0.4 is 10.9 Å². The van der Waals surface area contributed by atoms with Crippen LogP contribution in [0.25, 0.3) is 10.9 Å². The number of hydrogen-bond acceptors (Lipinski definition) is 5. The number of aromatic hydroxyl groups is 1. The minimum Gasteiger partial charge on any atom is -0.506 e. The van der Waals surface area contributed by atoms with Gasteiger partial charge in [-0.3, -0.25) is 14.9 Å². The molecule has 8 heteroatoms. The summed E-state index contributed by atoms with van der Waals surface area (Å²) >= 11 is 3.19. The monoisotopic (exact) mass is 388 g/mol. The van der Waals surface area contributed by atoms with Crippen LogP contribution in [-0.2, 0) is 6.54 Å². The predicted octanol–water partition coefficient (Wildman–Crippen LogP) is 2.53. The van der Waals surface area contributed by atoms with E-state index in [-0.39, 0.29) is 17.3 Å². The number of carbonyl (C=O) groups is 1. The normalized spacial score (nSPS) is 10.8. The van der Waals surface area contributed by atoms with Crippen LogP contribution >= 0.6 is 15.9 Å². The summed E-state index contributed by atoms with van der Waals surface area (Å²) in [6.07, 6.45) is 2.93. The van der Waals surface area contributed by atoms with Gasteiger partial charge in [-0.05, 0) is 35.0 Å². The van der Waals surface area contributed by atoms with Crippen molar-refractivity contribution in [3.05, 3.63) is 57.0 Å². The zero-order chi connectivity index (χ0) is 17.3. The van der Waals surface area contributed by atoms with Gasteiger partial charge in [-0.15, -0.1) is 0 Å². The molecule has 0 aliphatic carbocycles. The summed E-state index contributed by atoms with van der Waals surface area (Å²) < 4.78 is 2.09. The van der Waals surface area contributed by atoms with Gasteiger partial charge in [0.15, 0.2) is 0 Å². The van der Waals surface area contributed by atoms with Crippen molar-refractivity contribution in [3.8, 4) is 5.75 Å². The summed E-state index contributed by atoms with van der Waals surface area (Å²) in [6.45, 7) is 2.17. The lowest BCUT2D eigenvalue weighted by Crippen LogP contribution is -2.29. The summed E-state index contributed by atoms with van der Waals surface area (Å²) in [5.74, 6) is -1.07. The van der Waals surface area contributed by atoms with Gasteiger partial charge in [-0.25, -0.2) is 9.97 Å². The Labute approximate surface area is 145 Å². The van der Waals surface area contributed by atoms with Crippen molar-refractivity contribution >= 4 is 38.7 Å². The molecule has 0 radical (unpaired) electrons. The van der Waals surface area contributed by atoms with Crippen LogP contribution in [0.15, 0.2) is 45.9 Å². The van der Waals surface area contributed by atoms with Crippen LogP contribution in [0.4, 0.5) is 5.95 Å². The fourth-order valence-corrected chi connectivity index (χ4v) is 2.65. The Bertz CT molecular complexity index is 983. The lowest BCUT2D eigenvalue weighted by molar-refractivity contribution is 0.102. The molecule has 2 heterocycles. The van der Waals surface area contributed by atoms with Gasteiger partial charge in [0.2, 0.25) is 5.95 Å². The lowest BCUT2D eigenvalue weighted by atomic mass is 10.1. The minimum absolute atomic E-state index is 0.0400. The number of pyridine rings is 1. The molecule has 0 saturated carbocycles. The van der Waals surface area contributed by atoms with Crippen LogP contribution in [0.3, 0.4) is 0 Å². The maximum atomic E-state index is 12.6. The Morgan fingerprint density at radius 3 is 2.62 bits per heavy atom. The first-order valence-corrected chi connectivity index (χ1v) is 7.95. The Morgan fingerprint density at radius 2 is 1.96 bits per heavy atom. The summed E-state index contributed by atoms with van der Waals surface area (Å²) in [5, 5.41) is 13.3. The maximum absolute atomic E-state index is 12.6. The van der Waals surface area contributed by atoms with Crippen LogP contribution in [0.5, 0.6) is 5.75 Å². The van der Waals surface area contributed by atoms with E-state index in [0.717, 1.165) is 0 Å². The van der Waals surface area contributed by atoms with Crippen molar-refractivity contribution in [3.63, 3.8) is 0 Å². The summed E-state index contributed by atoms with van der Waals surface area (Å²) in [6, 6.07) is 6.87. The Hall–Kier alpha value is -2.74. The van der Waals surface area contributed by atoms with Crippen molar-refractivity contribution in [1.82, 2.24) is 14.5 Å². The molecular weight excluding hydrogens is 376 g/mol. The maximum Gasteiger partial charge on any atom is 0.267 e. The first-order valence-electron chi connectivity index (χ1n) is 7.16. The number of anilines is 1. The number of rotatable bonds is 3. The molecule has 0 atom stereocenters. The molecule has 0 fully saturated rings. The van der Waals surface area contributed by atoms with Crippen molar-refractivity contribution in [2.75, 3.05) is 5.32 Å². The number of carbonyl (C=O) groups excluding carboxylic acids is 1. The Balaban J connectivity index is 2.13. The number of benzene rings is 1. The SMILES string of the molecule is CCn1c(=O)c(C(=O)Nc2ncc(Br)cn2)c(O)c2ccccc21. The van der Waals surface area contributed by atoms with E-state index in [1.807, 2.05) is 0 Å². The lowest BCUT2D eigenvalue weighted by Gasteiger charge is -2.13. The molecule has 1 amide bonds. The average Bonchev–Trinajstić information content (AvgIpc) is 2.57. The van der Waals surface area contributed by atoms with Gasteiger partial charge in [0.05, 0.1) is 9.99 Å². The third kappa shape index (κ3) is 2.76. The van der Waals surface area contributed by atoms with Crippen molar-refractivity contribution in [2.45, 2.75) is 13.5 Å². The standard InChI is InChI=1S/C16H13BrN4O3/c1-2-21-11-6-4-3-5-10(11)13(22)12(15(21)24)14(23)20-16-18-7-9(17)8-19-16/h3-8,22H,2H2,1H3,(H,18,19,20,23). The van der Waals surface area contributed by atoms with E-state index in [2.05, 4.69) is 31.2 Å². The molecule has 122 valence electrons. The molecule has 0 saturated heterocycles. The van der Waals surface area contributed by atoms with E-state index in [4.69, 9.17) is 0 Å². The van der Waals surface area contributed by atoms with E-state index in [9.17, 15) is 14.7 Å². The molecule has 2 N–H and O–H groups in total. The highest BCUT2D eigenvalue weighted by Gasteiger charge is 2.22. The second-order valence-electron chi connectivity index (χ2n) is 4.97. The highest BCUT2D eigenvalue weighted by Crippen LogP contribution is 2.26. The molecule has 1 aromatic carbocycles. The highest BCUT2D eigenvalue weighted by atomic mass is 79.9. The first kappa shape index (κ1) is 16.1. The number of aromatic nitrogens is 3. The Morgan fingerprint density at radius 1 is 1.29 bits per heavy atom. The molecule has 0 aliphatic heterocycles. The van der Waals surface area contributed by atoms with Crippen LogP contribution in [0.1, 0.15) is 17.3 Å². The number of nitrogens with zero attached hydrogens (tertiary/aromatic N) is 3. The summed E-state index contributed by atoms with van der Waals surface area (Å²) in [5.41, 5.74) is -0.329. The minimum atomic E-state index is -0.757. The van der Waals surface area contributed by atoms with E-state index < -0.39 is 11.5 Å². The molecule has 3 aromatic rings. The number of hydrogen-bond donors (Lipinski definition) is 2. The van der Waals surface area contributed by atoms with Gasteiger partial charge in [-0.1, -0.05) is 12.1 Å². The number of fused-ring (bicyclic) bond motifs is 1. The number of halogens is 1. The van der Waals surface area contributed by atoms with Crippen molar-refractivity contribution in [2.24, 2.45) is 0 Å². The van der Waals surface area contributed by atoms with Gasteiger partial charge >= 0.3 is 0 Å². The quantitative estimate of drug-likeness (QED) is 0.718. The summed E-state index contributed by atoms with van der Waals surface area (Å²) in [4.78, 5) is 32.9. The molecule has 0 spiro atoms. The first-order chi connectivity index (χ1) is 11.5. The predicted molar refractivity (Wildman–Crippen MR) is 93.2 cm³/mol. The zero-order valence-corrected chi connectivity index (χ0v) is 14.2. The van der Waals surface area contributed by atoms with Crippen LogP contribution in [0.2, 0.25) is 0 Å². The molecule has 2 aromatic heterocycles. The third-order valence-corrected chi connectivity index (χ3v) is 3.94. The molecule has 0 aliphatic rings. The van der Waals surface area contributed by atoms with Gasteiger partial charge in [-0.2, -0.15) is 0 Å². The zero-order valence-electron chi connectivity index (χ0n) is 12.7. The smallest absolute Gasteiger partial charge is 0.267 e. The molecular formula is C16H13BrN4O3. The third-order valence-electron chi connectivity index (χ3n) is 3.53. The number of amides is 1. The van der Waals surface area contributed by atoms with Crippen molar-refractivity contribution < 1.29 is 9.90 Å². The number of aryl methyl sites for hydroxylation is 1. The van der Waals surface area contributed by atoms with Gasteiger partial charge in [0, 0.05) is 24.3 Å². The molecule has 3 rings (SSSR count). The largest absolute Gasteiger partial charge is 0.506 e. The van der Waals surface area contributed by atoms with E-state index in [0.29, 0.717) is 21.9 Å². The molecule has 0 bridgehead atoms. The fourth-order valence-electron chi connectivity index (χ4n) is 2.45. The van der Waals surface area contributed by atoms with Crippen LogP contribution in [-0.4, -0.2) is 25.5 Å². The van der Waals surface area contributed by atoms with E-state index in [1.54, 1.807) is 31.2 Å². The van der Waals surface area contributed by atoms with E-state index >= 15 is 0 Å². The van der Waals surface area contributed by atoms with Gasteiger partial charge in [0.1, 0.15) is 11.3 Å². The Kier molecular flexibility index (Phi) is 4.30. The average molecular weight is 389 g/mol. The van der Waals surface area contributed by atoms with Crippen molar-refractivity contribution in [1.29, 1.82) is 0 Å². The van der Waals surface area contributed by atoms with Gasteiger partial charge in [0.25, 0.3) is 11.5 Å². The fraction of sp³-hybridized carbons (Fsp3) is 0.125. The van der Waals surface area contributed by atoms with Crippen LogP contribution in [0, 0.1) is 0 Å². The number of nitrogens with one attached hydrogen (secondary N) is 1. The second kappa shape index (κ2) is 6.40.